The highest BCUT2D eigenvalue weighted by Crippen LogP contribution is 2.31. The van der Waals surface area contributed by atoms with Crippen molar-refractivity contribution in [2.45, 2.75) is 19.0 Å². The molecule has 1 heterocycles. The number of aromatic nitrogens is 3. The first kappa shape index (κ1) is 23.6. The van der Waals surface area contributed by atoms with Crippen molar-refractivity contribution in [3.8, 4) is 17.1 Å². The van der Waals surface area contributed by atoms with Gasteiger partial charge in [0.15, 0.2) is 11.0 Å². The van der Waals surface area contributed by atoms with E-state index in [0.29, 0.717) is 31.7 Å². The Kier molecular flexibility index (Phi) is 7.29. The fraction of sp³-hybridized carbons (Fsp3) is 0.125. The molecule has 0 saturated carbocycles. The van der Waals surface area contributed by atoms with Crippen molar-refractivity contribution in [2.75, 3.05) is 11.1 Å². The predicted molar refractivity (Wildman–Crippen MR) is 137 cm³/mol. The molecule has 0 aliphatic heterocycles. The predicted octanol–water partition coefficient (Wildman–Crippen LogP) is 7.24. The van der Waals surface area contributed by atoms with Crippen LogP contribution < -0.4 is 5.32 Å². The number of amides is 1. The van der Waals surface area contributed by atoms with E-state index in [1.807, 2.05) is 54.8 Å². The molecule has 0 unspecified atom stereocenters. The highest BCUT2D eigenvalue weighted by atomic mass is 35.5. The number of nitrogens with one attached hydrogen (secondary N) is 1. The van der Waals surface area contributed by atoms with Crippen LogP contribution in [0.4, 0.5) is 5.69 Å². The Labute approximate surface area is 211 Å². The van der Waals surface area contributed by atoms with Gasteiger partial charge in [0.25, 0.3) is 0 Å². The van der Waals surface area contributed by atoms with Gasteiger partial charge < -0.3 is 5.32 Å². The molecule has 4 rings (SSSR count). The fourth-order valence-corrected chi connectivity index (χ4v) is 4.72. The summed E-state index contributed by atoms with van der Waals surface area (Å²) in [4.78, 5) is 12.7. The van der Waals surface area contributed by atoms with Gasteiger partial charge in [0.1, 0.15) is 0 Å². The first-order valence-electron chi connectivity index (χ1n) is 9.98. The number of rotatable bonds is 6. The molecule has 33 heavy (non-hydrogen) atoms. The van der Waals surface area contributed by atoms with Gasteiger partial charge in [-0.3, -0.25) is 9.36 Å². The van der Waals surface area contributed by atoms with E-state index in [4.69, 9.17) is 34.8 Å². The zero-order valence-electron chi connectivity index (χ0n) is 17.8. The molecule has 1 amide bonds. The van der Waals surface area contributed by atoms with Crippen LogP contribution in [0.3, 0.4) is 0 Å². The van der Waals surface area contributed by atoms with Crippen LogP contribution in [0.25, 0.3) is 17.1 Å². The molecule has 0 saturated heterocycles. The van der Waals surface area contributed by atoms with Crippen molar-refractivity contribution >= 4 is 58.2 Å². The first-order chi connectivity index (χ1) is 15.8. The van der Waals surface area contributed by atoms with Crippen molar-refractivity contribution < 1.29 is 4.79 Å². The second-order valence-corrected chi connectivity index (χ2v) is 9.62. The monoisotopic (exact) mass is 516 g/mol. The zero-order chi connectivity index (χ0) is 23.5. The summed E-state index contributed by atoms with van der Waals surface area (Å²) < 4.78 is 1.89. The number of benzene rings is 3. The molecule has 0 atom stereocenters. The summed E-state index contributed by atoms with van der Waals surface area (Å²) in [5.41, 5.74) is 4.24. The van der Waals surface area contributed by atoms with Crippen molar-refractivity contribution in [2.24, 2.45) is 0 Å². The molecular weight excluding hydrogens is 499 g/mol. The number of hydrogen-bond donors (Lipinski definition) is 1. The number of nitrogens with zero attached hydrogens (tertiary/aromatic N) is 3. The lowest BCUT2D eigenvalue weighted by atomic mass is 10.1. The Bertz CT molecular complexity index is 1280. The summed E-state index contributed by atoms with van der Waals surface area (Å²) in [7, 11) is 0. The lowest BCUT2D eigenvalue weighted by Gasteiger charge is -2.12. The number of carbonyl (C=O) groups is 1. The third-order valence-corrected chi connectivity index (χ3v) is 6.58. The van der Waals surface area contributed by atoms with Crippen molar-refractivity contribution in [3.63, 3.8) is 0 Å². The van der Waals surface area contributed by atoms with Crippen molar-refractivity contribution in [3.05, 3.63) is 86.9 Å². The maximum absolute atomic E-state index is 12.7. The van der Waals surface area contributed by atoms with Gasteiger partial charge in [0.05, 0.1) is 16.5 Å². The van der Waals surface area contributed by atoms with Gasteiger partial charge in [-0.1, -0.05) is 52.6 Å². The van der Waals surface area contributed by atoms with Crippen LogP contribution in [-0.2, 0) is 4.79 Å². The van der Waals surface area contributed by atoms with Crippen LogP contribution in [0.15, 0.2) is 65.8 Å². The number of halogens is 3. The minimum Gasteiger partial charge on any atom is -0.324 e. The van der Waals surface area contributed by atoms with E-state index in [0.717, 1.165) is 22.4 Å². The standard InChI is InChI=1S/C24H19Cl3N4OS/c1-14-11-15(2)22(20(27)12-14)28-21(32)13-33-24-30-29-23(16-3-5-17(25)6-4-16)31(24)19-9-7-18(26)8-10-19/h3-12H,13H2,1-2H3,(H,28,32). The SMILES string of the molecule is Cc1cc(C)c(NC(=O)CSc2nnc(-c3ccc(Cl)cc3)n2-c2ccc(Cl)cc2)c(Cl)c1. The number of aryl methyl sites for hydroxylation is 2. The van der Waals surface area contributed by atoms with E-state index in [1.54, 1.807) is 24.3 Å². The molecule has 168 valence electrons. The molecule has 0 bridgehead atoms. The molecule has 0 aliphatic rings. The highest BCUT2D eigenvalue weighted by Gasteiger charge is 2.18. The van der Waals surface area contributed by atoms with Gasteiger partial charge in [0.2, 0.25) is 5.91 Å². The molecule has 0 aliphatic carbocycles. The van der Waals surface area contributed by atoms with Gasteiger partial charge in [0, 0.05) is 21.3 Å². The zero-order valence-corrected chi connectivity index (χ0v) is 20.9. The first-order valence-corrected chi connectivity index (χ1v) is 12.1. The Balaban J connectivity index is 1.60. The average molecular weight is 518 g/mol. The molecule has 1 N–H and O–H groups in total. The fourth-order valence-electron chi connectivity index (χ4n) is 3.35. The van der Waals surface area contributed by atoms with Crippen LogP contribution in [0.5, 0.6) is 0 Å². The summed E-state index contributed by atoms with van der Waals surface area (Å²) in [6.07, 6.45) is 0. The van der Waals surface area contributed by atoms with Gasteiger partial charge in [-0.2, -0.15) is 0 Å². The topological polar surface area (TPSA) is 59.8 Å². The lowest BCUT2D eigenvalue weighted by Crippen LogP contribution is -2.16. The molecule has 5 nitrogen and oxygen atoms in total. The largest absolute Gasteiger partial charge is 0.324 e. The Hall–Kier alpha value is -2.51. The van der Waals surface area contributed by atoms with Crippen LogP contribution in [0.2, 0.25) is 15.1 Å². The minimum absolute atomic E-state index is 0.135. The van der Waals surface area contributed by atoms with Crippen LogP contribution in [0.1, 0.15) is 11.1 Å². The summed E-state index contributed by atoms with van der Waals surface area (Å²) in [6, 6.07) is 18.5. The second kappa shape index (κ2) is 10.2. The maximum Gasteiger partial charge on any atom is 0.234 e. The summed E-state index contributed by atoms with van der Waals surface area (Å²) >= 11 is 19.7. The molecule has 3 aromatic carbocycles. The maximum atomic E-state index is 12.7. The summed E-state index contributed by atoms with van der Waals surface area (Å²) in [6.45, 7) is 3.87. The second-order valence-electron chi connectivity index (χ2n) is 7.40. The van der Waals surface area contributed by atoms with Crippen molar-refractivity contribution in [1.82, 2.24) is 14.8 Å². The highest BCUT2D eigenvalue weighted by molar-refractivity contribution is 7.99. The average Bonchev–Trinajstić information content (AvgIpc) is 3.20. The van der Waals surface area contributed by atoms with Crippen LogP contribution in [-0.4, -0.2) is 26.4 Å². The lowest BCUT2D eigenvalue weighted by molar-refractivity contribution is -0.113. The number of hydrogen-bond acceptors (Lipinski definition) is 4. The molecule has 0 spiro atoms. The smallest absolute Gasteiger partial charge is 0.234 e. The number of thioether (sulfide) groups is 1. The van der Waals surface area contributed by atoms with Crippen LogP contribution >= 0.6 is 46.6 Å². The van der Waals surface area contributed by atoms with Gasteiger partial charge in [-0.15, -0.1) is 10.2 Å². The number of anilines is 1. The van der Waals surface area contributed by atoms with E-state index < -0.39 is 0 Å². The Morgan fingerprint density at radius 2 is 1.58 bits per heavy atom. The quantitative estimate of drug-likeness (QED) is 0.274. The Morgan fingerprint density at radius 1 is 0.939 bits per heavy atom. The molecule has 4 aromatic rings. The van der Waals surface area contributed by atoms with Gasteiger partial charge in [-0.25, -0.2) is 0 Å². The summed E-state index contributed by atoms with van der Waals surface area (Å²) in [5.74, 6) is 0.581. The van der Waals surface area contributed by atoms with E-state index in [1.165, 1.54) is 11.8 Å². The molecule has 0 radical (unpaired) electrons. The van der Waals surface area contributed by atoms with Gasteiger partial charge in [-0.05, 0) is 79.6 Å². The minimum atomic E-state index is -0.187. The molecule has 9 heteroatoms. The summed E-state index contributed by atoms with van der Waals surface area (Å²) in [5, 5.41) is 14.0. The van der Waals surface area contributed by atoms with Gasteiger partial charge >= 0.3 is 0 Å². The molecular formula is C24H19Cl3N4OS. The van der Waals surface area contributed by atoms with E-state index in [2.05, 4.69) is 15.5 Å². The van der Waals surface area contributed by atoms with E-state index >= 15 is 0 Å². The normalized spacial score (nSPS) is 10.9. The molecule has 1 aromatic heterocycles. The molecule has 0 fully saturated rings. The number of carbonyl (C=O) groups excluding carboxylic acids is 1. The van der Waals surface area contributed by atoms with E-state index in [-0.39, 0.29) is 11.7 Å². The van der Waals surface area contributed by atoms with Crippen LogP contribution in [0, 0.1) is 13.8 Å². The third-order valence-electron chi connectivity index (χ3n) is 4.85. The van der Waals surface area contributed by atoms with E-state index in [9.17, 15) is 4.79 Å². The van der Waals surface area contributed by atoms with Crippen molar-refractivity contribution in [1.29, 1.82) is 0 Å². The Morgan fingerprint density at radius 3 is 2.21 bits per heavy atom. The third kappa shape index (κ3) is 5.53.